The van der Waals surface area contributed by atoms with Gasteiger partial charge in [-0.05, 0) is 83.5 Å². The summed E-state index contributed by atoms with van der Waals surface area (Å²) < 4.78 is 33.5. The number of carbonyl (C=O) groups excluding carboxylic acids is 1. The molecule has 0 saturated heterocycles. The maximum absolute atomic E-state index is 12.7. The number of hydrogen-bond donors (Lipinski definition) is 3. The van der Waals surface area contributed by atoms with E-state index in [0.29, 0.717) is 13.0 Å². The molecule has 0 amide bonds. The van der Waals surface area contributed by atoms with Gasteiger partial charge in [0.1, 0.15) is 12.1 Å². The van der Waals surface area contributed by atoms with Gasteiger partial charge in [0, 0.05) is 13.0 Å². The van der Waals surface area contributed by atoms with Gasteiger partial charge >= 0.3 is 19.8 Å². The molecule has 63 heavy (non-hydrogen) atoms. The summed E-state index contributed by atoms with van der Waals surface area (Å²) in [6.07, 6.45) is 59.5. The van der Waals surface area contributed by atoms with Gasteiger partial charge in [0.2, 0.25) is 0 Å². The monoisotopic (exact) mass is 906 g/mol. The SMILES string of the molecule is CC/C=C\C/C=C\C/C=C\CCCCCCCCCC(=O)OC(COCCCCCCCCCCC/C=C\C/C=C\C/C=C\CCCCCCC)COP(=O)(O)OCC(N)C(=O)O. The molecule has 4 N–H and O–H groups in total. The van der Waals surface area contributed by atoms with E-state index in [-0.39, 0.29) is 13.0 Å². The second kappa shape index (κ2) is 47.4. The number of allylic oxidation sites excluding steroid dienone is 12. The molecular weight excluding hydrogens is 814 g/mol. The Kier molecular flexibility index (Phi) is 45.4. The Balaban J connectivity index is 4.17. The van der Waals surface area contributed by atoms with Gasteiger partial charge in [-0.25, -0.2) is 4.57 Å². The van der Waals surface area contributed by atoms with Crippen LogP contribution in [0.1, 0.15) is 206 Å². The van der Waals surface area contributed by atoms with E-state index in [1.165, 1.54) is 96.3 Å². The Morgan fingerprint density at radius 1 is 0.524 bits per heavy atom. The lowest BCUT2D eigenvalue weighted by Gasteiger charge is -2.20. The number of esters is 1. The van der Waals surface area contributed by atoms with Crippen LogP contribution in [0.5, 0.6) is 0 Å². The Morgan fingerprint density at radius 3 is 1.38 bits per heavy atom. The van der Waals surface area contributed by atoms with E-state index in [9.17, 15) is 19.0 Å². The van der Waals surface area contributed by atoms with Crippen LogP contribution in [0.3, 0.4) is 0 Å². The van der Waals surface area contributed by atoms with E-state index < -0.39 is 45.1 Å². The third kappa shape index (κ3) is 47.2. The molecular formula is C52H92NO9P. The molecule has 0 rings (SSSR count). The molecule has 0 aliphatic rings. The molecule has 364 valence electrons. The largest absolute Gasteiger partial charge is 0.480 e. The predicted molar refractivity (Wildman–Crippen MR) is 263 cm³/mol. The molecule has 10 nitrogen and oxygen atoms in total. The van der Waals surface area contributed by atoms with Gasteiger partial charge < -0.3 is 25.2 Å². The molecule has 0 aromatic carbocycles. The van der Waals surface area contributed by atoms with Crippen molar-refractivity contribution in [2.75, 3.05) is 26.4 Å². The third-order valence-corrected chi connectivity index (χ3v) is 11.4. The summed E-state index contributed by atoms with van der Waals surface area (Å²) in [5.74, 6) is -1.79. The third-order valence-electron chi connectivity index (χ3n) is 10.5. The van der Waals surface area contributed by atoms with Crippen LogP contribution < -0.4 is 5.73 Å². The van der Waals surface area contributed by atoms with E-state index in [0.717, 1.165) is 83.5 Å². The van der Waals surface area contributed by atoms with Crippen molar-refractivity contribution in [1.29, 1.82) is 0 Å². The molecule has 0 aromatic rings. The molecule has 3 unspecified atom stereocenters. The summed E-state index contributed by atoms with van der Waals surface area (Å²) in [6.45, 7) is 3.74. The molecule has 0 saturated carbocycles. The smallest absolute Gasteiger partial charge is 0.472 e. The van der Waals surface area contributed by atoms with Gasteiger partial charge in [-0.1, -0.05) is 189 Å². The van der Waals surface area contributed by atoms with Gasteiger partial charge in [0.15, 0.2) is 0 Å². The Morgan fingerprint density at radius 2 is 0.921 bits per heavy atom. The first kappa shape index (κ1) is 60.4. The van der Waals surface area contributed by atoms with Gasteiger partial charge in [-0.2, -0.15) is 0 Å². The molecule has 3 atom stereocenters. The van der Waals surface area contributed by atoms with Crippen LogP contribution in [0.2, 0.25) is 0 Å². The summed E-state index contributed by atoms with van der Waals surface area (Å²) in [6, 6.07) is -1.48. The lowest BCUT2D eigenvalue weighted by atomic mass is 10.1. The Labute approximate surface area is 384 Å². The quantitative estimate of drug-likeness (QED) is 0.0233. The fourth-order valence-electron chi connectivity index (χ4n) is 6.63. The number of hydrogen-bond acceptors (Lipinski definition) is 8. The Hall–Kier alpha value is -2.59. The number of phosphoric ester groups is 1. The number of ether oxygens (including phenoxy) is 2. The first-order valence-electron chi connectivity index (χ1n) is 25.0. The van der Waals surface area contributed by atoms with Crippen molar-refractivity contribution in [3.05, 3.63) is 72.9 Å². The average Bonchev–Trinajstić information content (AvgIpc) is 3.26. The van der Waals surface area contributed by atoms with E-state index in [4.69, 9.17) is 29.4 Å². The lowest BCUT2D eigenvalue weighted by Crippen LogP contribution is -2.34. The number of carboxylic acid groups (broad SMARTS) is 1. The van der Waals surface area contributed by atoms with Crippen LogP contribution in [0.4, 0.5) is 0 Å². The molecule has 0 radical (unpaired) electrons. The number of rotatable bonds is 47. The highest BCUT2D eigenvalue weighted by molar-refractivity contribution is 7.47. The highest BCUT2D eigenvalue weighted by Crippen LogP contribution is 2.43. The number of nitrogens with two attached hydrogens (primary N) is 1. The minimum atomic E-state index is -4.63. The normalized spacial score (nSPS) is 14.3. The minimum absolute atomic E-state index is 0.00571. The number of phosphoric acid groups is 1. The standard InChI is InChI=1S/C52H92NO9P/c1-3-5-7-9-11-13-15-17-19-21-22-23-24-25-26-27-29-31-33-35-37-39-41-43-45-59-46-49(47-60-63(57,58)61-48-50(53)52(55)56)62-51(54)44-42-40-38-36-34-32-30-28-20-18-16-14-12-10-8-6-4-2/h6,8,12,14-15,17-18,20-22,24-25,49-50H,3-5,7,9-11,13,16,19,23,26-48,53H2,1-2H3,(H,55,56)(H,57,58)/b8-6-,14-12-,17-15-,20-18-,22-21-,25-24-. The average molecular weight is 906 g/mol. The number of aliphatic carboxylic acids is 1. The second-order valence-corrected chi connectivity index (χ2v) is 18.0. The van der Waals surface area contributed by atoms with Crippen LogP contribution in [-0.4, -0.2) is 60.5 Å². The van der Waals surface area contributed by atoms with Crippen LogP contribution >= 0.6 is 7.82 Å². The van der Waals surface area contributed by atoms with Crippen LogP contribution in [0, 0.1) is 0 Å². The van der Waals surface area contributed by atoms with Crippen molar-refractivity contribution in [2.24, 2.45) is 5.73 Å². The highest BCUT2D eigenvalue weighted by Gasteiger charge is 2.27. The zero-order valence-corrected chi connectivity index (χ0v) is 40.8. The lowest BCUT2D eigenvalue weighted by molar-refractivity contribution is -0.154. The van der Waals surface area contributed by atoms with Crippen molar-refractivity contribution in [3.63, 3.8) is 0 Å². The zero-order chi connectivity index (χ0) is 46.2. The van der Waals surface area contributed by atoms with Gasteiger partial charge in [-0.3, -0.25) is 18.6 Å². The molecule has 0 bridgehead atoms. The van der Waals surface area contributed by atoms with E-state index in [1.807, 2.05) is 0 Å². The first-order chi connectivity index (χ1) is 30.7. The second-order valence-electron chi connectivity index (χ2n) is 16.6. The number of carboxylic acids is 1. The fraction of sp³-hybridized carbons (Fsp3) is 0.731. The maximum Gasteiger partial charge on any atom is 0.472 e. The molecule has 11 heteroatoms. The molecule has 0 aliphatic carbocycles. The summed E-state index contributed by atoms with van der Waals surface area (Å²) in [4.78, 5) is 33.7. The Bertz CT molecular complexity index is 1280. The molecule has 0 heterocycles. The van der Waals surface area contributed by atoms with Gasteiger partial charge in [0.05, 0.1) is 19.8 Å². The van der Waals surface area contributed by atoms with E-state index in [1.54, 1.807) is 0 Å². The summed E-state index contributed by atoms with van der Waals surface area (Å²) >= 11 is 0. The van der Waals surface area contributed by atoms with Crippen molar-refractivity contribution in [1.82, 2.24) is 0 Å². The van der Waals surface area contributed by atoms with E-state index >= 15 is 0 Å². The fourth-order valence-corrected chi connectivity index (χ4v) is 7.40. The van der Waals surface area contributed by atoms with Crippen LogP contribution in [0.15, 0.2) is 72.9 Å². The number of carbonyl (C=O) groups is 2. The van der Waals surface area contributed by atoms with Crippen molar-refractivity contribution in [3.8, 4) is 0 Å². The first-order valence-corrected chi connectivity index (χ1v) is 26.5. The van der Waals surface area contributed by atoms with Crippen LogP contribution in [-0.2, 0) is 32.7 Å². The van der Waals surface area contributed by atoms with Crippen molar-refractivity contribution < 1.29 is 42.7 Å². The van der Waals surface area contributed by atoms with Gasteiger partial charge in [0.25, 0.3) is 0 Å². The topological polar surface area (TPSA) is 155 Å². The van der Waals surface area contributed by atoms with Crippen molar-refractivity contribution in [2.45, 2.75) is 219 Å². The van der Waals surface area contributed by atoms with E-state index in [2.05, 4.69) is 86.8 Å². The van der Waals surface area contributed by atoms with Crippen LogP contribution in [0.25, 0.3) is 0 Å². The predicted octanol–water partition coefficient (Wildman–Crippen LogP) is 14.5. The molecule has 0 fully saturated rings. The zero-order valence-electron chi connectivity index (χ0n) is 39.9. The minimum Gasteiger partial charge on any atom is -0.480 e. The molecule has 0 aromatic heterocycles. The maximum atomic E-state index is 12.7. The van der Waals surface area contributed by atoms with Gasteiger partial charge in [-0.15, -0.1) is 0 Å². The summed E-state index contributed by atoms with van der Waals surface area (Å²) in [5.41, 5.74) is 5.37. The van der Waals surface area contributed by atoms with Crippen molar-refractivity contribution >= 4 is 19.8 Å². The molecule has 0 aliphatic heterocycles. The summed E-state index contributed by atoms with van der Waals surface area (Å²) in [7, 11) is -4.63. The molecule has 0 spiro atoms. The summed E-state index contributed by atoms with van der Waals surface area (Å²) in [5, 5.41) is 8.92. The number of unbranched alkanes of at least 4 members (excludes halogenated alkanes) is 21. The highest BCUT2D eigenvalue weighted by atomic mass is 31.2.